The van der Waals surface area contributed by atoms with Crippen LogP contribution in [0, 0.1) is 0 Å². The summed E-state index contributed by atoms with van der Waals surface area (Å²) in [6.07, 6.45) is 1.95. The molecule has 0 bridgehead atoms. The minimum absolute atomic E-state index is 0.489. The van der Waals surface area contributed by atoms with Crippen molar-refractivity contribution in [3.8, 4) is 0 Å². The summed E-state index contributed by atoms with van der Waals surface area (Å²) < 4.78 is 1.94. The quantitative estimate of drug-likeness (QED) is 0.924. The van der Waals surface area contributed by atoms with E-state index in [1.165, 1.54) is 0 Å². The number of aryl methyl sites for hydroxylation is 1. The van der Waals surface area contributed by atoms with E-state index in [-0.39, 0.29) is 0 Å². The molecule has 1 aromatic heterocycles. The number of benzene rings is 1. The van der Waals surface area contributed by atoms with E-state index in [1.807, 2.05) is 47.5 Å². The molecule has 18 heavy (non-hydrogen) atoms. The van der Waals surface area contributed by atoms with Crippen LogP contribution < -0.4 is 4.80 Å². The molecule has 1 unspecified atom stereocenters. The Morgan fingerprint density at radius 1 is 1.39 bits per heavy atom. The van der Waals surface area contributed by atoms with Gasteiger partial charge < -0.3 is 9.67 Å². The molecule has 0 fully saturated rings. The van der Waals surface area contributed by atoms with E-state index in [0.29, 0.717) is 0 Å². The predicted octanol–water partition coefficient (Wildman–Crippen LogP) is 2.51. The van der Waals surface area contributed by atoms with Gasteiger partial charge in [0.25, 0.3) is 0 Å². The van der Waals surface area contributed by atoms with Crippen molar-refractivity contribution in [2.75, 3.05) is 0 Å². The highest BCUT2D eigenvalue weighted by Gasteiger charge is 2.12. The number of hydrogen-bond acceptors (Lipinski definition) is 3. The lowest BCUT2D eigenvalue weighted by Crippen LogP contribution is -2.08. The Morgan fingerprint density at radius 2 is 2.06 bits per heavy atom. The first kappa shape index (κ1) is 12.6. The van der Waals surface area contributed by atoms with Crippen LogP contribution in [0.25, 0.3) is 0 Å². The molecule has 1 heterocycles. The van der Waals surface area contributed by atoms with Crippen molar-refractivity contribution >= 4 is 23.0 Å². The lowest BCUT2D eigenvalue weighted by Gasteiger charge is -2.05. The molecule has 0 saturated carbocycles. The molecule has 1 atom stereocenters. The summed E-state index contributed by atoms with van der Waals surface area (Å²) in [7, 11) is 1.94. The molecule has 5 heteroatoms. The van der Waals surface area contributed by atoms with Crippen LogP contribution in [-0.2, 0) is 11.8 Å². The second kappa shape index (κ2) is 5.18. The Kier molecular flexibility index (Phi) is 3.62. The highest BCUT2D eigenvalue weighted by molar-refractivity contribution is 7.07. The number of carboxylic acid groups (broad SMARTS) is 1. The Balaban J connectivity index is 2.29. The van der Waals surface area contributed by atoms with Crippen molar-refractivity contribution in [3.63, 3.8) is 0 Å². The van der Waals surface area contributed by atoms with Crippen LogP contribution in [-0.4, -0.2) is 15.6 Å². The van der Waals surface area contributed by atoms with Crippen molar-refractivity contribution in [3.05, 3.63) is 46.2 Å². The monoisotopic (exact) mass is 262 g/mol. The molecule has 94 valence electrons. The first-order valence-corrected chi connectivity index (χ1v) is 6.43. The Bertz CT molecular complexity index is 610. The van der Waals surface area contributed by atoms with Crippen LogP contribution in [0.4, 0.5) is 5.69 Å². The molecule has 0 spiro atoms. The standard InChI is InChI=1S/C13H14N2O2S/c1-9(12(16)17)10-3-5-11(6-4-10)14-13-15(2)7-8-18-13/h3-9H,1-2H3,(H,16,17). The van der Waals surface area contributed by atoms with E-state index >= 15 is 0 Å². The maximum atomic E-state index is 10.9. The highest BCUT2D eigenvalue weighted by atomic mass is 32.1. The van der Waals surface area contributed by atoms with E-state index in [9.17, 15) is 4.79 Å². The summed E-state index contributed by atoms with van der Waals surface area (Å²) >= 11 is 1.56. The molecule has 0 aliphatic rings. The summed E-state index contributed by atoms with van der Waals surface area (Å²) in [5.41, 5.74) is 1.62. The summed E-state index contributed by atoms with van der Waals surface area (Å²) in [4.78, 5) is 16.3. The molecular weight excluding hydrogens is 248 g/mol. The van der Waals surface area contributed by atoms with Gasteiger partial charge in [-0.3, -0.25) is 4.79 Å². The number of carbonyl (C=O) groups is 1. The largest absolute Gasteiger partial charge is 0.481 e. The van der Waals surface area contributed by atoms with E-state index in [1.54, 1.807) is 18.3 Å². The van der Waals surface area contributed by atoms with Crippen LogP contribution in [0.2, 0.25) is 0 Å². The summed E-state index contributed by atoms with van der Waals surface area (Å²) in [5, 5.41) is 10.9. The number of carboxylic acids is 1. The normalized spacial score (nSPS) is 13.6. The van der Waals surface area contributed by atoms with Gasteiger partial charge in [-0.05, 0) is 24.6 Å². The van der Waals surface area contributed by atoms with Gasteiger partial charge in [-0.1, -0.05) is 12.1 Å². The van der Waals surface area contributed by atoms with Gasteiger partial charge in [0, 0.05) is 18.6 Å². The van der Waals surface area contributed by atoms with E-state index < -0.39 is 11.9 Å². The highest BCUT2D eigenvalue weighted by Crippen LogP contribution is 2.19. The second-order valence-electron chi connectivity index (χ2n) is 4.06. The second-order valence-corrected chi connectivity index (χ2v) is 4.93. The molecular formula is C13H14N2O2S. The minimum Gasteiger partial charge on any atom is -0.481 e. The summed E-state index contributed by atoms with van der Waals surface area (Å²) in [6.45, 7) is 1.67. The van der Waals surface area contributed by atoms with Gasteiger partial charge in [0.1, 0.15) is 0 Å². The van der Waals surface area contributed by atoms with Crippen LogP contribution in [0.15, 0.2) is 40.8 Å². The average Bonchev–Trinajstić information content (AvgIpc) is 2.75. The van der Waals surface area contributed by atoms with Gasteiger partial charge >= 0.3 is 5.97 Å². The lowest BCUT2D eigenvalue weighted by atomic mass is 10.0. The third-order valence-corrected chi connectivity index (χ3v) is 3.60. The number of aliphatic carboxylic acids is 1. The van der Waals surface area contributed by atoms with Crippen molar-refractivity contribution in [2.45, 2.75) is 12.8 Å². The van der Waals surface area contributed by atoms with Crippen molar-refractivity contribution in [1.82, 2.24) is 4.57 Å². The number of nitrogens with zero attached hydrogens (tertiary/aromatic N) is 2. The topological polar surface area (TPSA) is 54.6 Å². The van der Waals surface area contributed by atoms with Gasteiger partial charge in [0.05, 0.1) is 11.6 Å². The fourth-order valence-corrected chi connectivity index (χ4v) is 2.28. The fraction of sp³-hybridized carbons (Fsp3) is 0.231. The van der Waals surface area contributed by atoms with E-state index in [2.05, 4.69) is 4.99 Å². The molecule has 1 aromatic carbocycles. The first-order valence-electron chi connectivity index (χ1n) is 5.55. The van der Waals surface area contributed by atoms with E-state index in [4.69, 9.17) is 5.11 Å². The summed E-state index contributed by atoms with van der Waals surface area (Å²) in [5.74, 6) is -1.30. The lowest BCUT2D eigenvalue weighted by molar-refractivity contribution is -0.138. The van der Waals surface area contributed by atoms with Gasteiger partial charge in [0.2, 0.25) is 0 Å². The molecule has 2 aromatic rings. The van der Waals surface area contributed by atoms with Gasteiger partial charge in [-0.2, -0.15) is 0 Å². The maximum Gasteiger partial charge on any atom is 0.310 e. The molecule has 0 radical (unpaired) electrons. The first-order chi connectivity index (χ1) is 8.58. The molecule has 2 rings (SSSR count). The van der Waals surface area contributed by atoms with Crippen LogP contribution >= 0.6 is 11.3 Å². The van der Waals surface area contributed by atoms with Crippen molar-refractivity contribution < 1.29 is 9.90 Å². The Labute approximate surface area is 109 Å². The molecule has 0 saturated heterocycles. The van der Waals surface area contributed by atoms with Crippen molar-refractivity contribution in [2.24, 2.45) is 12.0 Å². The molecule has 1 N–H and O–H groups in total. The average molecular weight is 262 g/mol. The van der Waals surface area contributed by atoms with Gasteiger partial charge in [0.15, 0.2) is 4.80 Å². The van der Waals surface area contributed by atoms with Crippen molar-refractivity contribution in [1.29, 1.82) is 0 Å². The molecule has 0 aliphatic carbocycles. The Morgan fingerprint density at radius 3 is 2.56 bits per heavy atom. The SMILES string of the molecule is CC(C(=O)O)c1ccc(N=c2sccn2C)cc1. The van der Waals surface area contributed by atoms with Crippen LogP contribution in [0.1, 0.15) is 18.4 Å². The molecule has 0 aliphatic heterocycles. The third-order valence-electron chi connectivity index (χ3n) is 2.75. The van der Waals surface area contributed by atoms with Gasteiger partial charge in [-0.25, -0.2) is 4.99 Å². The number of rotatable bonds is 3. The zero-order valence-corrected chi connectivity index (χ0v) is 11.0. The summed E-state index contributed by atoms with van der Waals surface area (Å²) in [6, 6.07) is 7.30. The predicted molar refractivity (Wildman–Crippen MR) is 71.0 cm³/mol. The fourth-order valence-electron chi connectivity index (χ4n) is 1.53. The van der Waals surface area contributed by atoms with Gasteiger partial charge in [-0.15, -0.1) is 11.3 Å². The third kappa shape index (κ3) is 2.68. The van der Waals surface area contributed by atoms with Crippen LogP contribution in [0.5, 0.6) is 0 Å². The minimum atomic E-state index is -0.815. The number of thiazole rings is 1. The van der Waals surface area contributed by atoms with Crippen LogP contribution in [0.3, 0.4) is 0 Å². The van der Waals surface area contributed by atoms with E-state index in [0.717, 1.165) is 16.1 Å². The Hall–Kier alpha value is -1.88. The zero-order chi connectivity index (χ0) is 13.1. The smallest absolute Gasteiger partial charge is 0.310 e. The maximum absolute atomic E-state index is 10.9. The number of hydrogen-bond donors (Lipinski definition) is 1. The molecule has 4 nitrogen and oxygen atoms in total. The zero-order valence-electron chi connectivity index (χ0n) is 10.2. The molecule has 0 amide bonds. The number of aromatic nitrogens is 1.